The van der Waals surface area contributed by atoms with Crippen molar-refractivity contribution in [3.63, 3.8) is 0 Å². The Kier molecular flexibility index (Phi) is 4.42. The molecule has 1 aliphatic rings. The first kappa shape index (κ1) is 15.0. The van der Waals surface area contributed by atoms with E-state index >= 15 is 0 Å². The Morgan fingerprint density at radius 3 is 2.20 bits per heavy atom. The summed E-state index contributed by atoms with van der Waals surface area (Å²) in [5.41, 5.74) is 6.73. The highest BCUT2D eigenvalue weighted by Crippen LogP contribution is 2.15. The van der Waals surface area contributed by atoms with Gasteiger partial charge in [-0.1, -0.05) is 30.3 Å². The molecular weight excluding hydrogens is 278 g/mol. The predicted octanol–water partition coefficient (Wildman–Crippen LogP) is -0.210. The third-order valence-corrected chi connectivity index (χ3v) is 4.75. The largest absolute Gasteiger partial charge is 0.338 e. The van der Waals surface area contributed by atoms with E-state index < -0.39 is 16.1 Å². The molecule has 1 amide bonds. The number of hydrogen-bond acceptors (Lipinski definition) is 4. The number of benzene rings is 1. The molecule has 1 saturated heterocycles. The lowest BCUT2D eigenvalue weighted by Crippen LogP contribution is -2.52. The van der Waals surface area contributed by atoms with E-state index in [1.807, 2.05) is 30.3 Å². The number of carbonyl (C=O) groups excluding carboxylic acids is 1. The minimum atomic E-state index is -3.18. The summed E-state index contributed by atoms with van der Waals surface area (Å²) in [5.74, 6) is -0.163. The first-order chi connectivity index (χ1) is 9.39. The van der Waals surface area contributed by atoms with Crippen LogP contribution < -0.4 is 5.73 Å². The summed E-state index contributed by atoms with van der Waals surface area (Å²) in [7, 11) is -3.18. The van der Waals surface area contributed by atoms with E-state index in [9.17, 15) is 13.2 Å². The molecule has 7 heteroatoms. The molecule has 1 fully saturated rings. The molecule has 6 nitrogen and oxygen atoms in total. The van der Waals surface area contributed by atoms with Gasteiger partial charge in [0.1, 0.15) is 6.04 Å². The minimum Gasteiger partial charge on any atom is -0.338 e. The number of nitrogens with zero attached hydrogens (tertiary/aromatic N) is 2. The Hall–Kier alpha value is -1.44. The normalized spacial score (nSPS) is 18.8. The van der Waals surface area contributed by atoms with Crippen molar-refractivity contribution in [3.05, 3.63) is 35.9 Å². The van der Waals surface area contributed by atoms with E-state index in [0.717, 1.165) is 5.56 Å². The maximum Gasteiger partial charge on any atom is 0.244 e. The van der Waals surface area contributed by atoms with Gasteiger partial charge >= 0.3 is 0 Å². The average Bonchev–Trinajstić information content (AvgIpc) is 2.46. The Bertz CT molecular complexity index is 566. The SMILES string of the molecule is CS(=O)(=O)N1CCN(C(=O)C(N)c2ccccc2)CC1. The summed E-state index contributed by atoms with van der Waals surface area (Å²) in [6.45, 7) is 1.41. The van der Waals surface area contributed by atoms with Crippen LogP contribution in [0.1, 0.15) is 11.6 Å². The van der Waals surface area contributed by atoms with Crippen molar-refractivity contribution in [3.8, 4) is 0 Å². The molecule has 1 aromatic carbocycles. The molecule has 1 atom stereocenters. The van der Waals surface area contributed by atoms with Gasteiger partial charge in [-0.05, 0) is 5.56 Å². The summed E-state index contributed by atoms with van der Waals surface area (Å²) in [6.07, 6.45) is 1.18. The first-order valence-corrected chi connectivity index (χ1v) is 8.29. The number of sulfonamides is 1. The molecule has 0 radical (unpaired) electrons. The van der Waals surface area contributed by atoms with Gasteiger partial charge in [0, 0.05) is 26.2 Å². The number of carbonyl (C=O) groups is 1. The van der Waals surface area contributed by atoms with Crippen LogP contribution in [0.25, 0.3) is 0 Å². The molecule has 0 aliphatic carbocycles. The maximum absolute atomic E-state index is 12.3. The maximum atomic E-state index is 12.3. The highest BCUT2D eigenvalue weighted by atomic mass is 32.2. The van der Waals surface area contributed by atoms with Crippen LogP contribution in [0.3, 0.4) is 0 Å². The van der Waals surface area contributed by atoms with E-state index in [0.29, 0.717) is 26.2 Å². The van der Waals surface area contributed by atoms with E-state index in [2.05, 4.69) is 0 Å². The lowest BCUT2D eigenvalue weighted by Gasteiger charge is -2.34. The first-order valence-electron chi connectivity index (χ1n) is 6.44. The Morgan fingerprint density at radius 1 is 1.15 bits per heavy atom. The molecule has 20 heavy (non-hydrogen) atoms. The van der Waals surface area contributed by atoms with Gasteiger partial charge in [-0.25, -0.2) is 8.42 Å². The Morgan fingerprint density at radius 2 is 1.70 bits per heavy atom. The molecular formula is C13H19N3O3S. The molecule has 1 heterocycles. The Labute approximate surface area is 119 Å². The number of nitrogens with two attached hydrogens (primary N) is 1. The number of rotatable bonds is 3. The van der Waals surface area contributed by atoms with Crippen molar-refractivity contribution in [1.29, 1.82) is 0 Å². The van der Waals surface area contributed by atoms with Crippen LogP contribution in [0.4, 0.5) is 0 Å². The van der Waals surface area contributed by atoms with Crippen molar-refractivity contribution in [2.75, 3.05) is 32.4 Å². The van der Waals surface area contributed by atoms with Crippen molar-refractivity contribution in [1.82, 2.24) is 9.21 Å². The summed E-state index contributed by atoms with van der Waals surface area (Å²) in [6, 6.07) is 8.48. The summed E-state index contributed by atoms with van der Waals surface area (Å²) < 4.78 is 24.2. The lowest BCUT2D eigenvalue weighted by molar-refractivity contribution is -0.133. The van der Waals surface area contributed by atoms with Gasteiger partial charge in [0.2, 0.25) is 15.9 Å². The quantitative estimate of drug-likeness (QED) is 0.837. The van der Waals surface area contributed by atoms with Crippen molar-refractivity contribution in [2.24, 2.45) is 5.73 Å². The molecule has 1 aliphatic heterocycles. The van der Waals surface area contributed by atoms with Crippen LogP contribution in [0.5, 0.6) is 0 Å². The van der Waals surface area contributed by atoms with E-state index in [-0.39, 0.29) is 5.91 Å². The zero-order valence-electron chi connectivity index (χ0n) is 11.4. The average molecular weight is 297 g/mol. The fourth-order valence-electron chi connectivity index (χ4n) is 2.24. The molecule has 0 spiro atoms. The molecule has 110 valence electrons. The van der Waals surface area contributed by atoms with E-state index in [1.165, 1.54) is 10.6 Å². The topological polar surface area (TPSA) is 83.7 Å². The molecule has 0 aromatic heterocycles. The van der Waals surface area contributed by atoms with Crippen LogP contribution in [0.15, 0.2) is 30.3 Å². The van der Waals surface area contributed by atoms with Crippen molar-refractivity contribution < 1.29 is 13.2 Å². The fraction of sp³-hybridized carbons (Fsp3) is 0.462. The van der Waals surface area contributed by atoms with Gasteiger partial charge in [-0.2, -0.15) is 4.31 Å². The van der Waals surface area contributed by atoms with Crippen LogP contribution in [-0.2, 0) is 14.8 Å². The van der Waals surface area contributed by atoms with Crippen LogP contribution in [0.2, 0.25) is 0 Å². The van der Waals surface area contributed by atoms with Gasteiger partial charge in [0.05, 0.1) is 6.26 Å². The van der Waals surface area contributed by atoms with Crippen LogP contribution in [-0.4, -0.2) is 56.0 Å². The third-order valence-electron chi connectivity index (χ3n) is 3.44. The standard InChI is InChI=1S/C13H19N3O3S/c1-20(18,19)16-9-7-15(8-10-16)13(17)12(14)11-5-3-2-4-6-11/h2-6,12H,7-10,14H2,1H3. The van der Waals surface area contributed by atoms with E-state index in [1.54, 1.807) is 4.90 Å². The van der Waals surface area contributed by atoms with Crippen molar-refractivity contribution in [2.45, 2.75) is 6.04 Å². The second-order valence-corrected chi connectivity index (χ2v) is 6.86. The fourth-order valence-corrected chi connectivity index (χ4v) is 3.07. The van der Waals surface area contributed by atoms with Gasteiger partial charge < -0.3 is 10.6 Å². The van der Waals surface area contributed by atoms with Crippen molar-refractivity contribution >= 4 is 15.9 Å². The number of hydrogen-bond donors (Lipinski definition) is 1. The molecule has 2 rings (SSSR count). The highest BCUT2D eigenvalue weighted by Gasteiger charge is 2.28. The zero-order valence-corrected chi connectivity index (χ0v) is 12.2. The second kappa shape index (κ2) is 5.90. The molecule has 2 N–H and O–H groups in total. The highest BCUT2D eigenvalue weighted by molar-refractivity contribution is 7.88. The minimum absolute atomic E-state index is 0.163. The van der Waals surface area contributed by atoms with Gasteiger partial charge in [-0.3, -0.25) is 4.79 Å². The van der Waals surface area contributed by atoms with Gasteiger partial charge in [0.25, 0.3) is 0 Å². The summed E-state index contributed by atoms with van der Waals surface area (Å²) >= 11 is 0. The second-order valence-electron chi connectivity index (χ2n) is 4.88. The van der Waals surface area contributed by atoms with Gasteiger partial charge in [0.15, 0.2) is 0 Å². The molecule has 0 saturated carbocycles. The Balaban J connectivity index is 1.99. The van der Waals surface area contributed by atoms with Crippen LogP contribution >= 0.6 is 0 Å². The smallest absolute Gasteiger partial charge is 0.244 e. The predicted molar refractivity (Wildman–Crippen MR) is 76.4 cm³/mol. The molecule has 1 unspecified atom stereocenters. The lowest BCUT2D eigenvalue weighted by atomic mass is 10.1. The molecule has 1 aromatic rings. The summed E-state index contributed by atoms with van der Waals surface area (Å²) in [4.78, 5) is 13.9. The zero-order chi connectivity index (χ0) is 14.8. The number of amides is 1. The third kappa shape index (κ3) is 3.36. The number of piperazine rings is 1. The van der Waals surface area contributed by atoms with Gasteiger partial charge in [-0.15, -0.1) is 0 Å². The molecule has 0 bridgehead atoms. The monoisotopic (exact) mass is 297 g/mol. The van der Waals surface area contributed by atoms with Crippen LogP contribution in [0, 0.1) is 0 Å². The summed E-state index contributed by atoms with van der Waals surface area (Å²) in [5, 5.41) is 0. The van der Waals surface area contributed by atoms with E-state index in [4.69, 9.17) is 5.73 Å².